The molecule has 0 nitrogen and oxygen atoms in total. The van der Waals surface area contributed by atoms with Crippen LogP contribution in [0.3, 0.4) is 0 Å². The lowest BCUT2D eigenvalue weighted by Gasteiger charge is -2.63. The Bertz CT molecular complexity index is 210. The smallest absolute Gasteiger partial charge is 0.0443 e. The predicted molar refractivity (Wildman–Crippen MR) is 55.9 cm³/mol. The zero-order chi connectivity index (χ0) is 9.27. The zero-order valence-electron chi connectivity index (χ0n) is 8.65. The number of hydrogen-bond acceptors (Lipinski definition) is 0. The molecule has 0 aromatic rings. The van der Waals surface area contributed by atoms with E-state index in [0.717, 1.165) is 11.8 Å². The number of halogens is 1. The molecule has 0 saturated heterocycles. The largest absolute Gasteiger partial charge is 0.122 e. The monoisotopic (exact) mass is 198 g/mol. The van der Waals surface area contributed by atoms with Gasteiger partial charge in [-0.1, -0.05) is 13.8 Å². The first kappa shape index (κ1) is 8.59. The molecule has 13 heavy (non-hydrogen) atoms. The standard InChI is InChI=1S/C12H19Cl/c1-11-4-8-3-9(5-11)7-12(2,6-8)10(11)13/h8-10H,3-7H2,1-2H3. The molecule has 0 unspecified atom stereocenters. The van der Waals surface area contributed by atoms with Crippen molar-refractivity contribution in [2.24, 2.45) is 22.7 Å². The van der Waals surface area contributed by atoms with Crippen molar-refractivity contribution in [3.63, 3.8) is 0 Å². The van der Waals surface area contributed by atoms with Crippen LogP contribution >= 0.6 is 11.6 Å². The van der Waals surface area contributed by atoms with Crippen LogP contribution in [-0.2, 0) is 0 Å². The van der Waals surface area contributed by atoms with Gasteiger partial charge in [-0.25, -0.2) is 0 Å². The molecule has 0 aromatic carbocycles. The van der Waals surface area contributed by atoms with Crippen LogP contribution in [0.4, 0.5) is 0 Å². The molecule has 0 N–H and O–H groups in total. The topological polar surface area (TPSA) is 0 Å². The molecule has 0 spiro atoms. The fourth-order valence-electron chi connectivity index (χ4n) is 5.01. The van der Waals surface area contributed by atoms with E-state index in [0.29, 0.717) is 16.2 Å². The van der Waals surface area contributed by atoms with E-state index in [-0.39, 0.29) is 0 Å². The first-order valence-electron chi connectivity index (χ1n) is 5.66. The minimum Gasteiger partial charge on any atom is -0.122 e. The second-order valence-electron chi connectivity index (χ2n) is 6.45. The maximum atomic E-state index is 6.65. The summed E-state index contributed by atoms with van der Waals surface area (Å²) in [5, 5.41) is 0.452. The fraction of sp³-hybridized carbons (Fsp3) is 1.00. The van der Waals surface area contributed by atoms with Gasteiger partial charge in [0.1, 0.15) is 0 Å². The van der Waals surface area contributed by atoms with Crippen LogP contribution in [0.25, 0.3) is 0 Å². The molecule has 4 fully saturated rings. The molecule has 0 aromatic heterocycles. The number of alkyl halides is 1. The molecular formula is C12H19Cl. The molecule has 0 heterocycles. The molecule has 4 rings (SSSR count). The van der Waals surface area contributed by atoms with Gasteiger partial charge < -0.3 is 0 Å². The second kappa shape index (κ2) is 2.27. The van der Waals surface area contributed by atoms with Crippen LogP contribution in [0.5, 0.6) is 0 Å². The van der Waals surface area contributed by atoms with E-state index in [2.05, 4.69) is 13.8 Å². The Labute approximate surface area is 86.0 Å². The highest BCUT2D eigenvalue weighted by Crippen LogP contribution is 2.66. The molecule has 0 amide bonds. The van der Waals surface area contributed by atoms with Crippen LogP contribution < -0.4 is 0 Å². The molecule has 0 radical (unpaired) electrons. The van der Waals surface area contributed by atoms with Crippen LogP contribution in [0.2, 0.25) is 0 Å². The normalized spacial score (nSPS) is 64.4. The maximum absolute atomic E-state index is 6.65. The van der Waals surface area contributed by atoms with Gasteiger partial charge in [-0.3, -0.25) is 0 Å². The molecule has 74 valence electrons. The van der Waals surface area contributed by atoms with Gasteiger partial charge in [-0.2, -0.15) is 0 Å². The Morgan fingerprint density at radius 3 is 1.69 bits per heavy atom. The fourth-order valence-corrected chi connectivity index (χ4v) is 5.37. The minimum absolute atomic E-state index is 0.452. The summed E-state index contributed by atoms with van der Waals surface area (Å²) >= 11 is 6.65. The van der Waals surface area contributed by atoms with Crippen molar-refractivity contribution in [2.45, 2.75) is 51.3 Å². The Morgan fingerprint density at radius 2 is 1.31 bits per heavy atom. The first-order valence-corrected chi connectivity index (χ1v) is 6.10. The summed E-state index contributed by atoms with van der Waals surface area (Å²) in [5.41, 5.74) is 0.973. The highest BCUT2D eigenvalue weighted by molar-refractivity contribution is 6.21. The SMILES string of the molecule is CC12CC3CC(C1)CC(C)(C3)C2Cl. The molecule has 1 heteroatoms. The van der Waals surface area contributed by atoms with Crippen molar-refractivity contribution in [3.05, 3.63) is 0 Å². The Kier molecular flexibility index (Phi) is 1.50. The third-order valence-electron chi connectivity index (χ3n) is 4.91. The molecule has 0 atom stereocenters. The van der Waals surface area contributed by atoms with Crippen LogP contribution in [0.15, 0.2) is 0 Å². The average Bonchev–Trinajstić information content (AvgIpc) is 1.97. The average molecular weight is 199 g/mol. The van der Waals surface area contributed by atoms with E-state index in [4.69, 9.17) is 11.6 Å². The van der Waals surface area contributed by atoms with Crippen molar-refractivity contribution in [3.8, 4) is 0 Å². The Balaban J connectivity index is 2.03. The van der Waals surface area contributed by atoms with Gasteiger partial charge in [0.25, 0.3) is 0 Å². The molecular weight excluding hydrogens is 180 g/mol. The van der Waals surface area contributed by atoms with Gasteiger partial charge in [0, 0.05) is 5.38 Å². The molecule has 4 bridgehead atoms. The number of hydrogen-bond donors (Lipinski definition) is 0. The van der Waals surface area contributed by atoms with Gasteiger partial charge in [0.2, 0.25) is 0 Å². The summed E-state index contributed by atoms with van der Waals surface area (Å²) in [7, 11) is 0. The van der Waals surface area contributed by atoms with E-state index in [9.17, 15) is 0 Å². The van der Waals surface area contributed by atoms with E-state index in [1.54, 1.807) is 0 Å². The number of rotatable bonds is 0. The molecule has 4 aliphatic rings. The summed E-state index contributed by atoms with van der Waals surface area (Å²) in [4.78, 5) is 0. The summed E-state index contributed by atoms with van der Waals surface area (Å²) < 4.78 is 0. The molecule has 4 aliphatic carbocycles. The minimum atomic E-state index is 0.452. The third kappa shape index (κ3) is 0.988. The summed E-state index contributed by atoms with van der Waals surface area (Å²) in [6, 6.07) is 0. The maximum Gasteiger partial charge on any atom is 0.0443 e. The van der Waals surface area contributed by atoms with Crippen molar-refractivity contribution >= 4 is 11.6 Å². The summed E-state index contributed by atoms with van der Waals surface area (Å²) in [5.74, 6) is 2.02. The molecule has 4 saturated carbocycles. The lowest BCUT2D eigenvalue weighted by molar-refractivity contribution is -0.0865. The Hall–Kier alpha value is 0.290. The zero-order valence-corrected chi connectivity index (χ0v) is 9.40. The van der Waals surface area contributed by atoms with Crippen molar-refractivity contribution < 1.29 is 0 Å². The highest BCUT2D eigenvalue weighted by atomic mass is 35.5. The predicted octanol–water partition coefficient (Wildman–Crippen LogP) is 3.83. The van der Waals surface area contributed by atoms with E-state index < -0.39 is 0 Å². The van der Waals surface area contributed by atoms with Crippen LogP contribution in [-0.4, -0.2) is 5.38 Å². The van der Waals surface area contributed by atoms with Crippen LogP contribution in [0.1, 0.15) is 46.0 Å². The van der Waals surface area contributed by atoms with Crippen molar-refractivity contribution in [1.82, 2.24) is 0 Å². The highest BCUT2D eigenvalue weighted by Gasteiger charge is 2.59. The van der Waals surface area contributed by atoms with Crippen LogP contribution in [0, 0.1) is 22.7 Å². The summed E-state index contributed by atoms with van der Waals surface area (Å²) in [6.45, 7) is 4.86. The second-order valence-corrected chi connectivity index (χ2v) is 6.89. The van der Waals surface area contributed by atoms with E-state index in [1.165, 1.54) is 32.1 Å². The van der Waals surface area contributed by atoms with Gasteiger partial charge in [-0.15, -0.1) is 11.6 Å². The van der Waals surface area contributed by atoms with E-state index >= 15 is 0 Å². The van der Waals surface area contributed by atoms with Crippen molar-refractivity contribution in [2.75, 3.05) is 0 Å². The summed E-state index contributed by atoms with van der Waals surface area (Å²) in [6.07, 6.45) is 7.15. The lowest BCUT2D eigenvalue weighted by Crippen LogP contribution is -2.57. The van der Waals surface area contributed by atoms with Crippen molar-refractivity contribution in [1.29, 1.82) is 0 Å². The third-order valence-corrected chi connectivity index (χ3v) is 5.96. The van der Waals surface area contributed by atoms with Gasteiger partial charge in [-0.05, 0) is 54.8 Å². The quantitative estimate of drug-likeness (QED) is 0.519. The van der Waals surface area contributed by atoms with Gasteiger partial charge in [0.05, 0.1) is 0 Å². The van der Waals surface area contributed by atoms with E-state index in [1.807, 2.05) is 0 Å². The first-order chi connectivity index (χ1) is 6.02. The molecule has 0 aliphatic heterocycles. The Morgan fingerprint density at radius 1 is 0.923 bits per heavy atom. The van der Waals surface area contributed by atoms with Gasteiger partial charge >= 0.3 is 0 Å². The lowest BCUT2D eigenvalue weighted by atomic mass is 9.45. The van der Waals surface area contributed by atoms with Gasteiger partial charge in [0.15, 0.2) is 0 Å².